The van der Waals surface area contributed by atoms with E-state index in [0.29, 0.717) is 16.4 Å². The topological polar surface area (TPSA) is 116 Å². The molecule has 2 aliphatic carbocycles. The number of rotatable bonds is 3. The summed E-state index contributed by atoms with van der Waals surface area (Å²) in [5.74, 6) is -1.54. The molecule has 0 aromatic carbocycles. The molecule has 2 spiro atoms. The van der Waals surface area contributed by atoms with Gasteiger partial charge in [0.05, 0.1) is 5.56 Å². The van der Waals surface area contributed by atoms with E-state index in [1.807, 2.05) is 0 Å². The molecule has 200 valence electrons. The number of anilines is 1. The van der Waals surface area contributed by atoms with Crippen molar-refractivity contribution >= 4 is 52.6 Å². The summed E-state index contributed by atoms with van der Waals surface area (Å²) in [4.78, 5) is 31.4. The van der Waals surface area contributed by atoms with Crippen molar-refractivity contribution in [1.82, 2.24) is 15.3 Å². The maximum Gasteiger partial charge on any atom is 0.339 e. The number of hydrogen-bond donors (Lipinski definition) is 3. The molecule has 3 N–H and O–H groups in total. The van der Waals surface area contributed by atoms with E-state index in [1.165, 1.54) is 75.9 Å². The Morgan fingerprint density at radius 2 is 1.22 bits per heavy atom. The normalized spacial score (nSPS) is 20.2. The van der Waals surface area contributed by atoms with Crippen LogP contribution in [0.4, 0.5) is 5.82 Å². The number of carboxylic acid groups (broad SMARTS) is 2. The van der Waals surface area contributed by atoms with Gasteiger partial charge in [-0.2, -0.15) is 0 Å². The van der Waals surface area contributed by atoms with E-state index in [1.54, 1.807) is 0 Å². The number of nitrogens with zero attached hydrogens (tertiary/aromatic N) is 3. The zero-order chi connectivity index (χ0) is 26.6. The van der Waals surface area contributed by atoms with Crippen LogP contribution in [0.25, 0.3) is 0 Å². The van der Waals surface area contributed by atoms with Crippen molar-refractivity contribution in [2.24, 2.45) is 10.8 Å². The lowest BCUT2D eigenvalue weighted by atomic mass is 9.93. The molecule has 0 unspecified atom stereocenters. The molecule has 4 aliphatic rings. The lowest BCUT2D eigenvalue weighted by Gasteiger charge is -2.33. The van der Waals surface area contributed by atoms with Gasteiger partial charge in [-0.25, -0.2) is 19.6 Å². The first-order valence-electron chi connectivity index (χ1n) is 12.5. The minimum absolute atomic E-state index is 0.0453. The number of aromatic nitrogens is 2. The molecule has 0 radical (unpaired) electrons. The molecule has 6 rings (SSSR count). The SMILES string of the molecule is C1CC2(CCN1)CC2.O=C(O)c1ccc(Cl)nc1Cl.O=C(O)c1ccc(Cl)nc1N1CCC2(CC1)CC2. The lowest BCUT2D eigenvalue weighted by molar-refractivity contribution is 0.0686. The van der Waals surface area contributed by atoms with Crippen LogP contribution in [0, 0.1) is 10.8 Å². The summed E-state index contributed by atoms with van der Waals surface area (Å²) in [6.07, 6.45) is 10.9. The summed E-state index contributed by atoms with van der Waals surface area (Å²) in [5.41, 5.74) is 1.63. The number of carboxylic acids is 2. The lowest BCUT2D eigenvalue weighted by Crippen LogP contribution is -2.36. The van der Waals surface area contributed by atoms with Crippen molar-refractivity contribution < 1.29 is 19.8 Å². The third-order valence-electron chi connectivity index (χ3n) is 7.82. The van der Waals surface area contributed by atoms with E-state index in [0.717, 1.165) is 31.3 Å². The van der Waals surface area contributed by atoms with E-state index >= 15 is 0 Å². The van der Waals surface area contributed by atoms with E-state index in [2.05, 4.69) is 20.2 Å². The predicted molar refractivity (Wildman–Crippen MR) is 144 cm³/mol. The number of nitrogens with one attached hydrogen (secondary N) is 1. The first-order chi connectivity index (χ1) is 17.6. The van der Waals surface area contributed by atoms with Gasteiger partial charge in [0.15, 0.2) is 0 Å². The second kappa shape index (κ2) is 11.7. The van der Waals surface area contributed by atoms with Gasteiger partial charge < -0.3 is 20.4 Å². The van der Waals surface area contributed by atoms with E-state index in [9.17, 15) is 14.7 Å². The molecule has 2 aliphatic heterocycles. The summed E-state index contributed by atoms with van der Waals surface area (Å²) in [7, 11) is 0. The Labute approximate surface area is 231 Å². The van der Waals surface area contributed by atoms with Crippen LogP contribution in [0.15, 0.2) is 24.3 Å². The number of hydrogen-bond acceptors (Lipinski definition) is 6. The molecule has 4 fully saturated rings. The quantitative estimate of drug-likeness (QED) is 0.383. The van der Waals surface area contributed by atoms with Crippen LogP contribution in [-0.2, 0) is 0 Å². The summed E-state index contributed by atoms with van der Waals surface area (Å²) >= 11 is 16.8. The Kier molecular flexibility index (Phi) is 8.84. The number of piperidine rings is 2. The standard InChI is InChI=1S/C13H15ClN2O2.C7H13N.C6H3Cl2NO2/c14-10-2-1-9(12(17)18)11(15-10)16-7-5-13(3-4-13)6-8-16;1-2-7(1)3-5-8-6-4-7;7-4-2-1-3(6(10)11)5(8)9-4/h1-2H,3-8H2,(H,17,18);8H,1-6H2;1-2H,(H,10,11). The summed E-state index contributed by atoms with van der Waals surface area (Å²) in [6.45, 7) is 4.32. The van der Waals surface area contributed by atoms with Crippen molar-refractivity contribution in [1.29, 1.82) is 0 Å². The molecule has 2 saturated carbocycles. The van der Waals surface area contributed by atoms with Gasteiger partial charge in [0.1, 0.15) is 26.8 Å². The Bertz CT molecular complexity index is 1140. The number of halogens is 3. The molecular weight excluding hydrogens is 539 g/mol. The van der Waals surface area contributed by atoms with Crippen molar-refractivity contribution in [3.8, 4) is 0 Å². The summed E-state index contributed by atoms with van der Waals surface area (Å²) < 4.78 is 0. The van der Waals surface area contributed by atoms with Crippen molar-refractivity contribution in [2.75, 3.05) is 31.1 Å². The average molecular weight is 570 g/mol. The van der Waals surface area contributed by atoms with Crippen molar-refractivity contribution in [3.05, 3.63) is 50.9 Å². The number of pyridine rings is 2. The second-order valence-corrected chi connectivity index (χ2v) is 11.5. The highest BCUT2D eigenvalue weighted by Crippen LogP contribution is 2.54. The maximum absolute atomic E-state index is 11.2. The summed E-state index contributed by atoms with van der Waals surface area (Å²) in [5, 5.41) is 21.5. The van der Waals surface area contributed by atoms with Gasteiger partial charge >= 0.3 is 11.9 Å². The third-order valence-corrected chi connectivity index (χ3v) is 8.53. The van der Waals surface area contributed by atoms with E-state index in [-0.39, 0.29) is 21.4 Å². The zero-order valence-corrected chi connectivity index (χ0v) is 22.7. The van der Waals surface area contributed by atoms with Gasteiger partial charge in [0.2, 0.25) is 0 Å². The van der Waals surface area contributed by atoms with Gasteiger partial charge in [-0.1, -0.05) is 34.8 Å². The molecule has 0 bridgehead atoms. The Hall–Kier alpha value is -2.13. The number of carbonyl (C=O) groups is 2. The van der Waals surface area contributed by atoms with Crippen molar-refractivity contribution in [2.45, 2.75) is 51.4 Å². The van der Waals surface area contributed by atoms with Crippen LogP contribution in [0.2, 0.25) is 15.5 Å². The molecule has 0 atom stereocenters. The highest BCUT2D eigenvalue weighted by Gasteiger charge is 2.45. The average Bonchev–Trinajstić information content (AvgIpc) is 3.80. The first-order valence-corrected chi connectivity index (χ1v) is 13.7. The third kappa shape index (κ3) is 7.47. The molecule has 0 amide bonds. The van der Waals surface area contributed by atoms with Gasteiger partial charge in [-0.05, 0) is 99.6 Å². The Morgan fingerprint density at radius 3 is 1.68 bits per heavy atom. The fourth-order valence-electron chi connectivity index (χ4n) is 4.91. The van der Waals surface area contributed by atoms with E-state index in [4.69, 9.17) is 39.9 Å². The molecular formula is C26H31Cl3N4O4. The highest BCUT2D eigenvalue weighted by molar-refractivity contribution is 6.34. The van der Waals surface area contributed by atoms with Crippen LogP contribution in [0.1, 0.15) is 72.1 Å². The van der Waals surface area contributed by atoms with Crippen LogP contribution < -0.4 is 10.2 Å². The van der Waals surface area contributed by atoms with Gasteiger partial charge in [-0.3, -0.25) is 0 Å². The smallest absolute Gasteiger partial charge is 0.339 e. The molecule has 37 heavy (non-hydrogen) atoms. The van der Waals surface area contributed by atoms with Crippen LogP contribution >= 0.6 is 34.8 Å². The molecule has 2 saturated heterocycles. The van der Waals surface area contributed by atoms with Crippen LogP contribution in [0.5, 0.6) is 0 Å². The first kappa shape index (κ1) is 27.9. The maximum atomic E-state index is 11.2. The molecule has 8 nitrogen and oxygen atoms in total. The van der Waals surface area contributed by atoms with Gasteiger partial charge in [-0.15, -0.1) is 0 Å². The van der Waals surface area contributed by atoms with Crippen LogP contribution in [0.3, 0.4) is 0 Å². The second-order valence-electron chi connectivity index (χ2n) is 10.3. The predicted octanol–water partition coefficient (Wildman–Crippen LogP) is 6.05. The largest absolute Gasteiger partial charge is 0.478 e. The minimum atomic E-state index is -1.11. The van der Waals surface area contributed by atoms with Crippen LogP contribution in [-0.4, -0.2) is 58.3 Å². The zero-order valence-electron chi connectivity index (χ0n) is 20.5. The Balaban J connectivity index is 0.000000143. The molecule has 11 heteroatoms. The minimum Gasteiger partial charge on any atom is -0.478 e. The van der Waals surface area contributed by atoms with Gasteiger partial charge in [0, 0.05) is 13.1 Å². The monoisotopic (exact) mass is 568 g/mol. The molecule has 4 heterocycles. The van der Waals surface area contributed by atoms with Crippen molar-refractivity contribution in [3.63, 3.8) is 0 Å². The van der Waals surface area contributed by atoms with E-state index < -0.39 is 11.9 Å². The Morgan fingerprint density at radius 1 is 0.730 bits per heavy atom. The molecule has 2 aromatic rings. The fraction of sp³-hybridized carbons (Fsp3) is 0.538. The highest BCUT2D eigenvalue weighted by atomic mass is 35.5. The number of aromatic carboxylic acids is 2. The van der Waals surface area contributed by atoms with Gasteiger partial charge in [0.25, 0.3) is 0 Å². The fourth-order valence-corrected chi connectivity index (χ4v) is 5.48. The molecule has 2 aromatic heterocycles. The summed E-state index contributed by atoms with van der Waals surface area (Å²) in [6, 6.07) is 5.74.